The van der Waals surface area contributed by atoms with Crippen LogP contribution in [0.3, 0.4) is 0 Å². The van der Waals surface area contributed by atoms with Crippen LogP contribution in [0.2, 0.25) is 0 Å². The van der Waals surface area contributed by atoms with E-state index in [1.54, 1.807) is 0 Å². The van der Waals surface area contributed by atoms with Crippen LogP contribution in [0.4, 0.5) is 0 Å². The van der Waals surface area contributed by atoms with Gasteiger partial charge in [-0.15, -0.1) is 0 Å². The first kappa shape index (κ1) is 13.9. The summed E-state index contributed by atoms with van der Waals surface area (Å²) in [5.41, 5.74) is 0. The van der Waals surface area contributed by atoms with Gasteiger partial charge in [-0.25, -0.2) is 0 Å². The fraction of sp³-hybridized carbons (Fsp3) is 1.00. The summed E-state index contributed by atoms with van der Waals surface area (Å²) >= 11 is 0. The van der Waals surface area contributed by atoms with Crippen LogP contribution in [-0.2, 0) is 4.74 Å². The second kappa shape index (κ2) is 9.47. The zero-order valence-corrected chi connectivity index (χ0v) is 9.96. The monoisotopic (exact) mass is 202 g/mol. The summed E-state index contributed by atoms with van der Waals surface area (Å²) in [6, 6.07) is 0. The Labute approximate surface area is 88.7 Å². The van der Waals surface area contributed by atoms with Crippen molar-refractivity contribution in [1.29, 1.82) is 0 Å². The quantitative estimate of drug-likeness (QED) is 0.459. The van der Waals surface area contributed by atoms with Crippen LogP contribution in [0.25, 0.3) is 0 Å². The van der Waals surface area contributed by atoms with Gasteiger partial charge in [0, 0.05) is 12.5 Å². The molecular formula is C12H26O2. The second-order valence-corrected chi connectivity index (χ2v) is 3.93. The smallest absolute Gasteiger partial charge is 0.157 e. The van der Waals surface area contributed by atoms with E-state index in [1.165, 1.54) is 12.8 Å². The topological polar surface area (TPSA) is 29.5 Å². The predicted octanol–water partition coefficient (Wildman–Crippen LogP) is 3.34. The molecule has 2 heteroatoms. The molecule has 0 aliphatic rings. The first-order valence-electron chi connectivity index (χ1n) is 6.05. The molecule has 0 heterocycles. The van der Waals surface area contributed by atoms with Gasteiger partial charge in [0.2, 0.25) is 0 Å². The lowest BCUT2D eigenvalue weighted by atomic mass is 9.99. The molecule has 0 aromatic heterocycles. The summed E-state index contributed by atoms with van der Waals surface area (Å²) in [4.78, 5) is 0. The summed E-state index contributed by atoms with van der Waals surface area (Å²) in [5, 5.41) is 9.74. The Balaban J connectivity index is 3.61. The Hall–Kier alpha value is -0.0800. The van der Waals surface area contributed by atoms with E-state index in [2.05, 4.69) is 20.8 Å². The summed E-state index contributed by atoms with van der Waals surface area (Å²) in [5.74, 6) is 0.326. The predicted molar refractivity (Wildman–Crippen MR) is 60.2 cm³/mol. The highest BCUT2D eigenvalue weighted by atomic mass is 16.6. The van der Waals surface area contributed by atoms with E-state index in [1.807, 2.05) is 0 Å². The van der Waals surface area contributed by atoms with Crippen molar-refractivity contribution in [2.45, 2.75) is 65.6 Å². The zero-order valence-electron chi connectivity index (χ0n) is 9.96. The molecule has 0 aliphatic carbocycles. The molecule has 2 unspecified atom stereocenters. The van der Waals surface area contributed by atoms with Crippen LogP contribution in [0, 0.1) is 5.92 Å². The number of hydrogen-bond acceptors (Lipinski definition) is 2. The molecule has 2 atom stereocenters. The molecule has 14 heavy (non-hydrogen) atoms. The number of unbranched alkanes of at least 4 members (excludes halogenated alkanes) is 2. The van der Waals surface area contributed by atoms with Crippen LogP contribution in [0.15, 0.2) is 0 Å². The second-order valence-electron chi connectivity index (χ2n) is 3.93. The molecule has 0 saturated carbocycles. The maximum absolute atomic E-state index is 9.74. The first-order valence-corrected chi connectivity index (χ1v) is 6.05. The van der Waals surface area contributed by atoms with Gasteiger partial charge in [-0.3, -0.25) is 0 Å². The lowest BCUT2D eigenvalue weighted by molar-refractivity contribution is -0.137. The molecule has 1 N–H and O–H groups in total. The molecule has 0 aromatic rings. The minimum atomic E-state index is -0.543. The van der Waals surface area contributed by atoms with Gasteiger partial charge in [0.15, 0.2) is 6.29 Å². The molecule has 0 aromatic carbocycles. The molecular weight excluding hydrogens is 176 g/mol. The molecule has 0 fully saturated rings. The van der Waals surface area contributed by atoms with E-state index in [-0.39, 0.29) is 0 Å². The summed E-state index contributed by atoms with van der Waals surface area (Å²) in [6.07, 6.45) is 6.09. The van der Waals surface area contributed by atoms with Crippen molar-refractivity contribution in [1.82, 2.24) is 0 Å². The van der Waals surface area contributed by atoms with Gasteiger partial charge in [-0.2, -0.15) is 0 Å². The van der Waals surface area contributed by atoms with Crippen molar-refractivity contribution in [3.8, 4) is 0 Å². The maximum atomic E-state index is 9.74. The largest absolute Gasteiger partial charge is 0.368 e. The van der Waals surface area contributed by atoms with Crippen molar-refractivity contribution in [2.24, 2.45) is 5.92 Å². The van der Waals surface area contributed by atoms with Crippen LogP contribution >= 0.6 is 0 Å². The Kier molecular flexibility index (Phi) is 9.42. The molecule has 86 valence electrons. The van der Waals surface area contributed by atoms with E-state index in [9.17, 15) is 5.11 Å². The molecule has 2 nitrogen and oxygen atoms in total. The number of hydrogen-bond donors (Lipinski definition) is 1. The van der Waals surface area contributed by atoms with E-state index in [4.69, 9.17) is 4.74 Å². The van der Waals surface area contributed by atoms with Crippen LogP contribution in [0.5, 0.6) is 0 Å². The van der Waals surface area contributed by atoms with Gasteiger partial charge in [-0.1, -0.05) is 40.0 Å². The van der Waals surface area contributed by atoms with E-state index >= 15 is 0 Å². The van der Waals surface area contributed by atoms with E-state index in [0.29, 0.717) is 12.5 Å². The Morgan fingerprint density at radius 2 is 1.71 bits per heavy atom. The SMILES string of the molecule is CCCCOC(O)C(CC)CCCC. The Bertz CT molecular complexity index is 115. The van der Waals surface area contributed by atoms with Crippen molar-refractivity contribution >= 4 is 0 Å². The normalized spacial score (nSPS) is 15.4. The molecule has 0 radical (unpaired) electrons. The number of aliphatic hydroxyl groups is 1. The third kappa shape index (κ3) is 6.39. The highest BCUT2D eigenvalue weighted by molar-refractivity contribution is 4.60. The number of ether oxygens (including phenoxy) is 1. The van der Waals surface area contributed by atoms with Gasteiger partial charge in [-0.05, 0) is 19.3 Å². The van der Waals surface area contributed by atoms with Gasteiger partial charge in [0.05, 0.1) is 0 Å². The Morgan fingerprint density at radius 3 is 2.21 bits per heavy atom. The minimum Gasteiger partial charge on any atom is -0.368 e. The molecule has 0 rings (SSSR count). The molecule has 0 bridgehead atoms. The number of aliphatic hydroxyl groups excluding tert-OH is 1. The number of rotatable bonds is 9. The highest BCUT2D eigenvalue weighted by Crippen LogP contribution is 2.17. The average Bonchev–Trinajstić information content (AvgIpc) is 2.19. The molecule has 0 amide bonds. The Morgan fingerprint density at radius 1 is 1.07 bits per heavy atom. The van der Waals surface area contributed by atoms with Gasteiger partial charge in [0.1, 0.15) is 0 Å². The van der Waals surface area contributed by atoms with E-state index < -0.39 is 6.29 Å². The fourth-order valence-electron chi connectivity index (χ4n) is 1.50. The van der Waals surface area contributed by atoms with E-state index in [0.717, 1.165) is 25.7 Å². The van der Waals surface area contributed by atoms with Crippen LogP contribution in [-0.4, -0.2) is 18.0 Å². The third-order valence-electron chi connectivity index (χ3n) is 2.64. The van der Waals surface area contributed by atoms with Crippen molar-refractivity contribution in [3.63, 3.8) is 0 Å². The van der Waals surface area contributed by atoms with Crippen LogP contribution < -0.4 is 0 Å². The summed E-state index contributed by atoms with van der Waals surface area (Å²) in [6.45, 7) is 7.12. The zero-order chi connectivity index (χ0) is 10.8. The third-order valence-corrected chi connectivity index (χ3v) is 2.64. The maximum Gasteiger partial charge on any atom is 0.157 e. The lowest BCUT2D eigenvalue weighted by Crippen LogP contribution is -2.23. The van der Waals surface area contributed by atoms with Crippen molar-refractivity contribution in [3.05, 3.63) is 0 Å². The molecule has 0 spiro atoms. The van der Waals surface area contributed by atoms with Crippen molar-refractivity contribution in [2.75, 3.05) is 6.61 Å². The van der Waals surface area contributed by atoms with Crippen LogP contribution in [0.1, 0.15) is 59.3 Å². The molecule has 0 saturated heterocycles. The summed E-state index contributed by atoms with van der Waals surface area (Å²) in [7, 11) is 0. The minimum absolute atomic E-state index is 0.326. The van der Waals surface area contributed by atoms with Crippen molar-refractivity contribution < 1.29 is 9.84 Å². The standard InChI is InChI=1S/C12H26O2/c1-4-7-9-11(6-3)12(13)14-10-8-5-2/h11-13H,4-10H2,1-3H3. The van der Waals surface area contributed by atoms with Gasteiger partial charge < -0.3 is 9.84 Å². The summed E-state index contributed by atoms with van der Waals surface area (Å²) < 4.78 is 5.39. The van der Waals surface area contributed by atoms with Gasteiger partial charge in [0.25, 0.3) is 0 Å². The highest BCUT2D eigenvalue weighted by Gasteiger charge is 2.16. The van der Waals surface area contributed by atoms with Gasteiger partial charge >= 0.3 is 0 Å². The first-order chi connectivity index (χ1) is 6.76. The molecule has 0 aliphatic heterocycles. The lowest BCUT2D eigenvalue weighted by Gasteiger charge is -2.21. The average molecular weight is 202 g/mol. The fourth-order valence-corrected chi connectivity index (χ4v) is 1.50.